The molecule has 96 valence electrons. The third-order valence-electron chi connectivity index (χ3n) is 3.31. The number of nitrogens with two attached hydrogens (primary N) is 1. The first kappa shape index (κ1) is 12.7. The summed E-state index contributed by atoms with van der Waals surface area (Å²) in [5.41, 5.74) is 6.53. The van der Waals surface area contributed by atoms with Gasteiger partial charge in [0.15, 0.2) is 0 Å². The fraction of sp³-hybridized carbons (Fsp3) is 0.462. The number of piperidine rings is 1. The summed E-state index contributed by atoms with van der Waals surface area (Å²) in [4.78, 5) is 27.9. The molecule has 0 aromatic carbocycles. The van der Waals surface area contributed by atoms with Gasteiger partial charge in [-0.15, -0.1) is 0 Å². The summed E-state index contributed by atoms with van der Waals surface area (Å²) in [6, 6.07) is 3.62. The van der Waals surface area contributed by atoms with Crippen molar-refractivity contribution in [2.75, 3.05) is 13.1 Å². The van der Waals surface area contributed by atoms with Crippen LogP contribution in [-0.2, 0) is 11.3 Å². The molecule has 0 bridgehead atoms. The number of carbonyl (C=O) groups excluding carboxylic acids is 2. The van der Waals surface area contributed by atoms with Crippen LogP contribution in [0, 0.1) is 5.92 Å². The Morgan fingerprint density at radius 1 is 1.50 bits per heavy atom. The molecule has 0 radical (unpaired) electrons. The number of rotatable bonds is 4. The lowest BCUT2D eigenvalue weighted by molar-refractivity contribution is -0.112. The van der Waals surface area contributed by atoms with E-state index in [0.29, 0.717) is 5.69 Å². The molecule has 1 amide bonds. The van der Waals surface area contributed by atoms with Crippen LogP contribution < -0.4 is 5.73 Å². The summed E-state index contributed by atoms with van der Waals surface area (Å²) in [5, 5.41) is 0. The summed E-state index contributed by atoms with van der Waals surface area (Å²) in [5.74, 6) is -0.295. The van der Waals surface area contributed by atoms with Gasteiger partial charge < -0.3 is 10.5 Å². The molecule has 2 rings (SSSR count). The largest absolute Gasteiger partial charge is 0.364 e. The van der Waals surface area contributed by atoms with Crippen LogP contribution in [0.25, 0.3) is 0 Å². The van der Waals surface area contributed by atoms with Gasteiger partial charge in [0.2, 0.25) is 0 Å². The molecule has 0 unspecified atom stereocenters. The number of hydrogen-bond acceptors (Lipinski definition) is 4. The van der Waals surface area contributed by atoms with Crippen molar-refractivity contribution in [3.8, 4) is 0 Å². The number of pyridine rings is 1. The van der Waals surface area contributed by atoms with Crippen LogP contribution in [-0.4, -0.2) is 35.2 Å². The fourth-order valence-electron chi connectivity index (χ4n) is 2.21. The van der Waals surface area contributed by atoms with Crippen molar-refractivity contribution in [3.05, 3.63) is 29.6 Å². The van der Waals surface area contributed by atoms with Crippen molar-refractivity contribution in [1.29, 1.82) is 0 Å². The van der Waals surface area contributed by atoms with Crippen LogP contribution in [0.15, 0.2) is 18.3 Å². The smallest absolute Gasteiger partial charge is 0.267 e. The van der Waals surface area contributed by atoms with Gasteiger partial charge in [-0.1, -0.05) is 0 Å². The number of hydrogen-bond donors (Lipinski definition) is 1. The Hall–Kier alpha value is -1.75. The van der Waals surface area contributed by atoms with Gasteiger partial charge in [-0.3, -0.25) is 14.7 Å². The van der Waals surface area contributed by atoms with Gasteiger partial charge in [0, 0.05) is 18.7 Å². The zero-order chi connectivity index (χ0) is 13.0. The van der Waals surface area contributed by atoms with Gasteiger partial charge in [-0.05, 0) is 43.6 Å². The predicted molar refractivity (Wildman–Crippen MR) is 66.8 cm³/mol. The highest BCUT2D eigenvalue weighted by molar-refractivity contribution is 5.90. The van der Waals surface area contributed by atoms with Crippen molar-refractivity contribution in [2.45, 2.75) is 19.4 Å². The van der Waals surface area contributed by atoms with Crippen molar-refractivity contribution in [1.82, 2.24) is 9.88 Å². The molecule has 0 saturated carbocycles. The fourth-order valence-corrected chi connectivity index (χ4v) is 2.21. The third kappa shape index (κ3) is 3.13. The second kappa shape index (κ2) is 5.73. The molecule has 2 heterocycles. The highest BCUT2D eigenvalue weighted by Crippen LogP contribution is 2.17. The van der Waals surface area contributed by atoms with Crippen LogP contribution in [0.3, 0.4) is 0 Å². The van der Waals surface area contributed by atoms with E-state index in [2.05, 4.69) is 9.88 Å². The topological polar surface area (TPSA) is 76.3 Å². The molecular weight excluding hydrogens is 230 g/mol. The van der Waals surface area contributed by atoms with E-state index in [1.165, 1.54) is 0 Å². The van der Waals surface area contributed by atoms with E-state index < -0.39 is 5.91 Å². The third-order valence-corrected chi connectivity index (χ3v) is 3.31. The molecular formula is C13H17N3O2. The zero-order valence-corrected chi connectivity index (χ0v) is 10.2. The molecule has 1 aromatic heterocycles. The molecule has 1 fully saturated rings. The molecule has 1 aliphatic rings. The molecule has 0 aliphatic carbocycles. The lowest BCUT2D eigenvalue weighted by Crippen LogP contribution is -2.33. The molecule has 0 spiro atoms. The lowest BCUT2D eigenvalue weighted by Gasteiger charge is -2.29. The van der Waals surface area contributed by atoms with E-state index in [1.54, 1.807) is 12.3 Å². The van der Waals surface area contributed by atoms with Gasteiger partial charge in [0.1, 0.15) is 12.0 Å². The number of aldehydes is 1. The van der Waals surface area contributed by atoms with E-state index in [1.807, 2.05) is 6.07 Å². The summed E-state index contributed by atoms with van der Waals surface area (Å²) in [6.45, 7) is 2.60. The van der Waals surface area contributed by atoms with E-state index in [4.69, 9.17) is 5.73 Å². The maximum atomic E-state index is 11.0. The monoisotopic (exact) mass is 247 g/mol. The quantitative estimate of drug-likeness (QED) is 0.790. The molecule has 1 aliphatic heterocycles. The predicted octanol–water partition coefficient (Wildman–Crippen LogP) is 0.591. The minimum Gasteiger partial charge on any atom is -0.364 e. The summed E-state index contributed by atoms with van der Waals surface area (Å²) in [7, 11) is 0. The lowest BCUT2D eigenvalue weighted by atomic mass is 9.98. The number of primary amides is 1. The number of amides is 1. The van der Waals surface area contributed by atoms with Gasteiger partial charge in [-0.25, -0.2) is 0 Å². The number of nitrogens with zero attached hydrogens (tertiary/aromatic N) is 2. The molecule has 2 N–H and O–H groups in total. The van der Waals surface area contributed by atoms with Gasteiger partial charge in [0.05, 0.1) is 0 Å². The zero-order valence-electron chi connectivity index (χ0n) is 10.2. The van der Waals surface area contributed by atoms with Crippen LogP contribution in [0.5, 0.6) is 0 Å². The number of likely N-dealkylation sites (tertiary alicyclic amines) is 1. The molecule has 1 aromatic rings. The van der Waals surface area contributed by atoms with Crippen LogP contribution in [0.4, 0.5) is 0 Å². The Bertz CT molecular complexity index is 440. The second-order valence-electron chi connectivity index (χ2n) is 4.66. The Morgan fingerprint density at radius 2 is 2.22 bits per heavy atom. The normalized spacial score (nSPS) is 17.6. The Kier molecular flexibility index (Phi) is 4.04. The molecule has 1 saturated heterocycles. The number of aromatic nitrogens is 1. The molecule has 5 heteroatoms. The van der Waals surface area contributed by atoms with E-state index in [9.17, 15) is 9.59 Å². The van der Waals surface area contributed by atoms with E-state index in [-0.39, 0.29) is 5.92 Å². The first-order valence-corrected chi connectivity index (χ1v) is 6.11. The SMILES string of the molecule is NC(=O)c1cc(CN2CCC(C=O)CC2)ccn1. The highest BCUT2D eigenvalue weighted by atomic mass is 16.1. The van der Waals surface area contributed by atoms with Crippen molar-refractivity contribution in [3.63, 3.8) is 0 Å². The maximum absolute atomic E-state index is 11.0. The van der Waals surface area contributed by atoms with E-state index in [0.717, 1.165) is 44.3 Å². The highest BCUT2D eigenvalue weighted by Gasteiger charge is 2.18. The molecule has 18 heavy (non-hydrogen) atoms. The molecule has 0 atom stereocenters. The average Bonchev–Trinajstić information content (AvgIpc) is 2.40. The van der Waals surface area contributed by atoms with E-state index >= 15 is 0 Å². The van der Waals surface area contributed by atoms with Crippen LogP contribution in [0.2, 0.25) is 0 Å². The van der Waals surface area contributed by atoms with Gasteiger partial charge in [0.25, 0.3) is 5.91 Å². The van der Waals surface area contributed by atoms with Crippen LogP contribution in [0.1, 0.15) is 28.9 Å². The summed E-state index contributed by atoms with van der Waals surface area (Å²) >= 11 is 0. The summed E-state index contributed by atoms with van der Waals surface area (Å²) < 4.78 is 0. The first-order chi connectivity index (χ1) is 8.69. The average molecular weight is 247 g/mol. The Labute approximate surface area is 106 Å². The molecule has 5 nitrogen and oxygen atoms in total. The second-order valence-corrected chi connectivity index (χ2v) is 4.66. The Balaban J connectivity index is 1.95. The summed E-state index contributed by atoms with van der Waals surface area (Å²) in [6.07, 6.45) is 4.48. The standard InChI is InChI=1S/C13H17N3O2/c14-13(18)12-7-11(1-4-15-12)8-16-5-2-10(9-17)3-6-16/h1,4,7,9-10H,2-3,5-6,8H2,(H2,14,18). The van der Waals surface area contributed by atoms with Crippen molar-refractivity contribution >= 4 is 12.2 Å². The Morgan fingerprint density at radius 3 is 2.83 bits per heavy atom. The minimum atomic E-state index is -0.503. The first-order valence-electron chi connectivity index (χ1n) is 6.11. The minimum absolute atomic E-state index is 0.208. The van der Waals surface area contributed by atoms with Crippen LogP contribution >= 0.6 is 0 Å². The van der Waals surface area contributed by atoms with Crippen molar-refractivity contribution < 1.29 is 9.59 Å². The van der Waals surface area contributed by atoms with Crippen molar-refractivity contribution in [2.24, 2.45) is 11.7 Å². The van der Waals surface area contributed by atoms with Gasteiger partial charge >= 0.3 is 0 Å². The van der Waals surface area contributed by atoms with Gasteiger partial charge in [-0.2, -0.15) is 0 Å². The maximum Gasteiger partial charge on any atom is 0.267 e. The number of carbonyl (C=O) groups is 2.